The smallest absolute Gasteiger partial charge is 0.339 e. The van der Waals surface area contributed by atoms with E-state index in [0.717, 1.165) is 0 Å². The number of aromatic carboxylic acids is 2. The van der Waals surface area contributed by atoms with Gasteiger partial charge < -0.3 is 20.4 Å². The zero-order chi connectivity index (χ0) is 16.4. The molecule has 2 aromatic carbocycles. The molecule has 2 rings (SSSR count). The van der Waals surface area contributed by atoms with Crippen LogP contribution >= 0.6 is 0 Å². The van der Waals surface area contributed by atoms with Crippen molar-refractivity contribution in [3.63, 3.8) is 0 Å². The zero-order valence-corrected chi connectivity index (χ0v) is 11.7. The average Bonchev–Trinajstić information content (AvgIpc) is 2.45. The molecule has 0 aliphatic heterocycles. The van der Waals surface area contributed by atoms with Gasteiger partial charge >= 0.3 is 11.9 Å². The molecule has 6 nitrogen and oxygen atoms in total. The highest BCUT2D eigenvalue weighted by Gasteiger charge is 2.18. The number of aromatic hydroxyl groups is 2. The third-order valence-electron chi connectivity index (χ3n) is 3.41. The second-order valence-electron chi connectivity index (χ2n) is 4.68. The van der Waals surface area contributed by atoms with Crippen molar-refractivity contribution < 1.29 is 30.0 Å². The van der Waals surface area contributed by atoms with E-state index in [-0.39, 0.29) is 16.9 Å². The summed E-state index contributed by atoms with van der Waals surface area (Å²) in [5.41, 5.74) is 1.02. The van der Waals surface area contributed by atoms with E-state index in [2.05, 4.69) is 0 Å². The first-order chi connectivity index (χ1) is 10.4. The summed E-state index contributed by atoms with van der Waals surface area (Å²) in [4.78, 5) is 21.9. The largest absolute Gasteiger partial charge is 0.507 e. The van der Waals surface area contributed by atoms with Crippen LogP contribution in [0.1, 0.15) is 33.2 Å². The molecule has 0 aliphatic rings. The summed E-state index contributed by atoms with van der Waals surface area (Å²) in [7, 11) is 0. The Hall–Kier alpha value is -3.02. The molecule has 0 amide bonds. The molecule has 0 aliphatic carbocycles. The number of rotatable bonds is 4. The Morgan fingerprint density at radius 2 is 1.55 bits per heavy atom. The lowest BCUT2D eigenvalue weighted by Gasteiger charge is -2.13. The molecule has 4 N–H and O–H groups in total. The monoisotopic (exact) mass is 302 g/mol. The topological polar surface area (TPSA) is 115 Å². The molecule has 0 atom stereocenters. The number of carboxylic acids is 2. The first-order valence-corrected chi connectivity index (χ1v) is 6.51. The molecule has 0 radical (unpaired) electrons. The summed E-state index contributed by atoms with van der Waals surface area (Å²) >= 11 is 0. The van der Waals surface area contributed by atoms with Gasteiger partial charge in [-0.2, -0.15) is 0 Å². The minimum Gasteiger partial charge on any atom is -0.507 e. The van der Waals surface area contributed by atoms with Crippen molar-refractivity contribution in [2.45, 2.75) is 13.3 Å². The van der Waals surface area contributed by atoms with E-state index >= 15 is 0 Å². The Bertz CT molecular complexity index is 763. The van der Waals surface area contributed by atoms with Gasteiger partial charge in [0, 0.05) is 5.56 Å². The Labute approximate surface area is 125 Å². The molecule has 2 aromatic rings. The molecular weight excluding hydrogens is 288 g/mol. The van der Waals surface area contributed by atoms with Gasteiger partial charge in [-0.3, -0.25) is 0 Å². The highest BCUT2D eigenvalue weighted by atomic mass is 16.4. The molecule has 114 valence electrons. The number of benzene rings is 2. The predicted molar refractivity (Wildman–Crippen MR) is 78.5 cm³/mol. The SMILES string of the molecule is CCc1c(-c2ccc(C(=O)O)c(O)c2)ccc(C(=O)O)c1O. The maximum absolute atomic E-state index is 11.0. The fourth-order valence-electron chi connectivity index (χ4n) is 2.32. The molecule has 0 saturated carbocycles. The highest BCUT2D eigenvalue weighted by Crippen LogP contribution is 2.35. The maximum atomic E-state index is 11.0. The van der Waals surface area contributed by atoms with Gasteiger partial charge in [0.25, 0.3) is 0 Å². The quantitative estimate of drug-likeness (QED) is 0.690. The molecule has 0 aromatic heterocycles. The molecule has 22 heavy (non-hydrogen) atoms. The molecule has 6 heteroatoms. The van der Waals surface area contributed by atoms with Gasteiger partial charge in [0.2, 0.25) is 0 Å². The molecule has 0 unspecified atom stereocenters. The van der Waals surface area contributed by atoms with Crippen molar-refractivity contribution in [2.24, 2.45) is 0 Å². The van der Waals surface area contributed by atoms with Crippen molar-refractivity contribution in [1.82, 2.24) is 0 Å². The Morgan fingerprint density at radius 1 is 0.955 bits per heavy atom. The summed E-state index contributed by atoms with van der Waals surface area (Å²) in [6.45, 7) is 1.76. The fraction of sp³-hybridized carbons (Fsp3) is 0.125. The van der Waals surface area contributed by atoms with Gasteiger partial charge in [0.15, 0.2) is 0 Å². The van der Waals surface area contributed by atoms with Crippen LogP contribution in [0.4, 0.5) is 0 Å². The van der Waals surface area contributed by atoms with E-state index in [1.807, 2.05) is 0 Å². The first-order valence-electron chi connectivity index (χ1n) is 6.51. The van der Waals surface area contributed by atoms with E-state index in [0.29, 0.717) is 23.1 Å². The van der Waals surface area contributed by atoms with Gasteiger partial charge in [-0.1, -0.05) is 19.1 Å². The van der Waals surface area contributed by atoms with Crippen molar-refractivity contribution in [3.05, 3.63) is 47.0 Å². The van der Waals surface area contributed by atoms with Crippen molar-refractivity contribution in [1.29, 1.82) is 0 Å². The predicted octanol–water partition coefficient (Wildman–Crippen LogP) is 2.72. The van der Waals surface area contributed by atoms with Crippen molar-refractivity contribution in [3.8, 4) is 22.6 Å². The number of carboxylic acid groups (broad SMARTS) is 2. The number of phenols is 2. The third-order valence-corrected chi connectivity index (χ3v) is 3.41. The molecule has 0 saturated heterocycles. The second-order valence-corrected chi connectivity index (χ2v) is 4.68. The summed E-state index contributed by atoms with van der Waals surface area (Å²) in [6, 6.07) is 6.83. The van der Waals surface area contributed by atoms with Crippen LogP contribution in [-0.2, 0) is 6.42 Å². The van der Waals surface area contributed by atoms with Crippen LogP contribution in [0.15, 0.2) is 30.3 Å². The van der Waals surface area contributed by atoms with Gasteiger partial charge in [-0.05, 0) is 35.7 Å². The Kier molecular flexibility index (Phi) is 4.03. The average molecular weight is 302 g/mol. The number of hydrogen-bond donors (Lipinski definition) is 4. The van der Waals surface area contributed by atoms with Crippen LogP contribution in [-0.4, -0.2) is 32.4 Å². The standard InChI is InChI=1S/C16H14O6/c1-2-9-10(5-6-12(14(9)18)16(21)22)8-3-4-11(15(19)20)13(17)7-8/h3-7,17-18H,2H2,1H3,(H,19,20)(H,21,22). The van der Waals surface area contributed by atoms with Crippen LogP contribution in [0.5, 0.6) is 11.5 Å². The van der Waals surface area contributed by atoms with Gasteiger partial charge in [0.1, 0.15) is 22.6 Å². The fourth-order valence-corrected chi connectivity index (χ4v) is 2.32. The number of carbonyl (C=O) groups is 2. The second kappa shape index (κ2) is 5.77. The minimum atomic E-state index is -1.25. The molecular formula is C16H14O6. The molecule has 0 heterocycles. The van der Waals surface area contributed by atoms with Crippen LogP contribution in [0.3, 0.4) is 0 Å². The maximum Gasteiger partial charge on any atom is 0.339 e. The van der Waals surface area contributed by atoms with E-state index in [4.69, 9.17) is 10.2 Å². The highest BCUT2D eigenvalue weighted by molar-refractivity contribution is 5.94. The normalized spacial score (nSPS) is 10.4. The molecule has 0 fully saturated rings. The lowest BCUT2D eigenvalue weighted by Crippen LogP contribution is -2.01. The number of hydrogen-bond acceptors (Lipinski definition) is 4. The molecule has 0 bridgehead atoms. The lowest BCUT2D eigenvalue weighted by molar-refractivity contribution is 0.0682. The third kappa shape index (κ3) is 2.58. The van der Waals surface area contributed by atoms with E-state index in [1.54, 1.807) is 6.92 Å². The first kappa shape index (κ1) is 15.4. The van der Waals surface area contributed by atoms with Crippen LogP contribution in [0.25, 0.3) is 11.1 Å². The van der Waals surface area contributed by atoms with Crippen LogP contribution in [0.2, 0.25) is 0 Å². The van der Waals surface area contributed by atoms with E-state index in [9.17, 15) is 19.8 Å². The Balaban J connectivity index is 2.63. The molecule has 0 spiro atoms. The Morgan fingerprint density at radius 3 is 2.05 bits per heavy atom. The van der Waals surface area contributed by atoms with Crippen LogP contribution in [0, 0.1) is 0 Å². The van der Waals surface area contributed by atoms with Crippen LogP contribution < -0.4 is 0 Å². The summed E-state index contributed by atoms with van der Waals surface area (Å²) in [5, 5.41) is 37.8. The summed E-state index contributed by atoms with van der Waals surface area (Å²) in [5.74, 6) is -3.20. The van der Waals surface area contributed by atoms with Gasteiger partial charge in [0.05, 0.1) is 0 Å². The summed E-state index contributed by atoms with van der Waals surface area (Å²) in [6.07, 6.45) is 0.379. The van der Waals surface area contributed by atoms with Gasteiger partial charge in [-0.25, -0.2) is 9.59 Å². The zero-order valence-electron chi connectivity index (χ0n) is 11.7. The van der Waals surface area contributed by atoms with E-state index < -0.39 is 17.7 Å². The van der Waals surface area contributed by atoms with Crippen molar-refractivity contribution >= 4 is 11.9 Å². The van der Waals surface area contributed by atoms with Crippen molar-refractivity contribution in [2.75, 3.05) is 0 Å². The lowest BCUT2D eigenvalue weighted by atomic mass is 9.94. The van der Waals surface area contributed by atoms with E-state index in [1.165, 1.54) is 30.3 Å². The van der Waals surface area contributed by atoms with Gasteiger partial charge in [-0.15, -0.1) is 0 Å². The minimum absolute atomic E-state index is 0.202. The summed E-state index contributed by atoms with van der Waals surface area (Å²) < 4.78 is 0.